The van der Waals surface area contributed by atoms with Gasteiger partial charge < -0.3 is 4.74 Å². The van der Waals surface area contributed by atoms with Crippen LogP contribution in [0.1, 0.15) is 5.56 Å². The third kappa shape index (κ3) is 3.63. The van der Waals surface area contributed by atoms with E-state index in [1.807, 2.05) is 0 Å². The Kier molecular flexibility index (Phi) is 5.56. The molecule has 2 rings (SSSR count). The number of methoxy groups -OCH3 is 1. The zero-order valence-corrected chi connectivity index (χ0v) is 15.2. The Morgan fingerprint density at radius 1 is 1.48 bits per heavy atom. The van der Waals surface area contributed by atoms with E-state index >= 15 is 0 Å². The van der Waals surface area contributed by atoms with Crippen molar-refractivity contribution < 1.29 is 14.3 Å². The molecule has 0 saturated carbocycles. The number of benzene rings is 1. The first kappa shape index (κ1) is 17.7. The highest BCUT2D eigenvalue weighted by atomic mass is 79.9. The minimum Gasteiger partial charge on any atom is -0.494 e. The standard InChI is InChI=1S/C15H12BrClN2O3S/c1-3-4-19-14(21)9(13(20)18-15(19)23)5-8-6-10(16)12(22-2)11(17)7-8/h3,5-7H,1,4H2,2H3,(H,18,20,23)/b9-5+. The Hall–Kier alpha value is -1.70. The van der Waals surface area contributed by atoms with Crippen molar-refractivity contribution in [2.24, 2.45) is 0 Å². The predicted molar refractivity (Wildman–Crippen MR) is 96.3 cm³/mol. The van der Waals surface area contributed by atoms with Gasteiger partial charge in [-0.1, -0.05) is 17.7 Å². The molecule has 1 fully saturated rings. The van der Waals surface area contributed by atoms with Crippen LogP contribution in [0.25, 0.3) is 6.08 Å². The molecule has 8 heteroatoms. The van der Waals surface area contributed by atoms with Gasteiger partial charge in [-0.3, -0.25) is 19.8 Å². The highest BCUT2D eigenvalue weighted by molar-refractivity contribution is 9.10. The molecule has 0 spiro atoms. The minimum absolute atomic E-state index is 0.0337. The average Bonchev–Trinajstić information content (AvgIpc) is 2.47. The minimum atomic E-state index is -0.552. The third-order valence-electron chi connectivity index (χ3n) is 3.03. The van der Waals surface area contributed by atoms with Crippen LogP contribution in [0.15, 0.2) is 34.8 Å². The second-order valence-electron chi connectivity index (χ2n) is 4.54. The van der Waals surface area contributed by atoms with Gasteiger partial charge in [0, 0.05) is 6.54 Å². The molecular weight excluding hydrogens is 404 g/mol. The van der Waals surface area contributed by atoms with Crippen LogP contribution < -0.4 is 10.1 Å². The van der Waals surface area contributed by atoms with Crippen LogP contribution in [0, 0.1) is 0 Å². The van der Waals surface area contributed by atoms with Crippen LogP contribution in [0.3, 0.4) is 0 Å². The van der Waals surface area contributed by atoms with Gasteiger partial charge >= 0.3 is 0 Å². The maximum absolute atomic E-state index is 12.4. The van der Waals surface area contributed by atoms with Crippen molar-refractivity contribution in [1.82, 2.24) is 10.2 Å². The molecule has 1 aliphatic rings. The van der Waals surface area contributed by atoms with E-state index in [1.165, 1.54) is 24.2 Å². The van der Waals surface area contributed by atoms with E-state index in [-0.39, 0.29) is 17.2 Å². The summed E-state index contributed by atoms with van der Waals surface area (Å²) < 4.78 is 5.76. The molecule has 0 radical (unpaired) electrons. The summed E-state index contributed by atoms with van der Waals surface area (Å²) in [6.07, 6.45) is 2.98. The summed E-state index contributed by atoms with van der Waals surface area (Å²) in [5.74, 6) is -0.562. The van der Waals surface area contributed by atoms with E-state index in [0.717, 1.165) is 0 Å². The second-order valence-corrected chi connectivity index (χ2v) is 6.19. The Morgan fingerprint density at radius 3 is 2.74 bits per heavy atom. The lowest BCUT2D eigenvalue weighted by molar-refractivity contribution is -0.128. The maximum Gasteiger partial charge on any atom is 0.265 e. The molecule has 1 aromatic carbocycles. The van der Waals surface area contributed by atoms with Crippen molar-refractivity contribution in [3.8, 4) is 5.75 Å². The Bertz CT molecular complexity index is 725. The molecule has 1 aliphatic heterocycles. The van der Waals surface area contributed by atoms with Gasteiger partial charge in [-0.25, -0.2) is 0 Å². The number of carbonyl (C=O) groups is 2. The summed E-state index contributed by atoms with van der Waals surface area (Å²) in [6.45, 7) is 3.78. The summed E-state index contributed by atoms with van der Waals surface area (Å²) in [4.78, 5) is 25.7. The summed E-state index contributed by atoms with van der Waals surface area (Å²) in [5.41, 5.74) is 0.543. The highest BCUT2D eigenvalue weighted by Gasteiger charge is 2.32. The molecule has 0 atom stereocenters. The van der Waals surface area contributed by atoms with E-state index < -0.39 is 11.8 Å². The van der Waals surface area contributed by atoms with E-state index in [0.29, 0.717) is 20.8 Å². The zero-order valence-electron chi connectivity index (χ0n) is 12.1. The van der Waals surface area contributed by atoms with Crippen molar-refractivity contribution in [2.75, 3.05) is 13.7 Å². The highest BCUT2D eigenvalue weighted by Crippen LogP contribution is 2.34. The summed E-state index contributed by atoms with van der Waals surface area (Å²) >= 11 is 14.4. The van der Waals surface area contributed by atoms with Crippen LogP contribution in [0.2, 0.25) is 5.02 Å². The van der Waals surface area contributed by atoms with Gasteiger partial charge in [-0.15, -0.1) is 6.58 Å². The summed E-state index contributed by atoms with van der Waals surface area (Å²) in [5, 5.41) is 2.90. The van der Waals surface area contributed by atoms with Crippen LogP contribution in [0.4, 0.5) is 0 Å². The molecule has 1 heterocycles. The van der Waals surface area contributed by atoms with E-state index in [9.17, 15) is 9.59 Å². The number of amides is 2. The number of nitrogens with one attached hydrogen (secondary N) is 1. The molecule has 1 saturated heterocycles. The predicted octanol–water partition coefficient (Wildman–Crippen LogP) is 2.92. The molecule has 2 amide bonds. The molecular formula is C15H12BrClN2O3S. The van der Waals surface area contributed by atoms with Gasteiger partial charge in [-0.05, 0) is 51.9 Å². The largest absolute Gasteiger partial charge is 0.494 e. The van der Waals surface area contributed by atoms with Crippen molar-refractivity contribution in [3.63, 3.8) is 0 Å². The Labute approximate surface area is 152 Å². The first-order chi connectivity index (χ1) is 10.9. The van der Waals surface area contributed by atoms with Gasteiger partial charge in [-0.2, -0.15) is 0 Å². The topological polar surface area (TPSA) is 58.6 Å². The first-order valence-electron chi connectivity index (χ1n) is 6.41. The normalized spacial score (nSPS) is 16.6. The number of halogens is 2. The number of rotatable bonds is 4. The van der Waals surface area contributed by atoms with Crippen molar-refractivity contribution in [1.29, 1.82) is 0 Å². The Morgan fingerprint density at radius 2 is 2.17 bits per heavy atom. The molecule has 0 aromatic heterocycles. The number of hydrogen-bond acceptors (Lipinski definition) is 4. The monoisotopic (exact) mass is 414 g/mol. The molecule has 0 bridgehead atoms. The number of thiocarbonyl (C=S) groups is 1. The molecule has 5 nitrogen and oxygen atoms in total. The number of ether oxygens (including phenoxy) is 1. The van der Waals surface area contributed by atoms with Gasteiger partial charge in [0.2, 0.25) is 0 Å². The lowest BCUT2D eigenvalue weighted by Gasteiger charge is -2.27. The van der Waals surface area contributed by atoms with E-state index in [1.54, 1.807) is 12.1 Å². The smallest absolute Gasteiger partial charge is 0.265 e. The van der Waals surface area contributed by atoms with Crippen molar-refractivity contribution in [3.05, 3.63) is 45.4 Å². The molecule has 0 aliphatic carbocycles. The second kappa shape index (κ2) is 7.25. The van der Waals surface area contributed by atoms with Gasteiger partial charge in [0.05, 0.1) is 16.6 Å². The number of carbonyl (C=O) groups excluding carboxylic acids is 2. The van der Waals surface area contributed by atoms with Gasteiger partial charge in [0.15, 0.2) is 10.9 Å². The van der Waals surface area contributed by atoms with Crippen LogP contribution in [-0.4, -0.2) is 35.5 Å². The third-order valence-corrected chi connectivity index (χ3v) is 4.23. The number of hydrogen-bond donors (Lipinski definition) is 1. The summed E-state index contributed by atoms with van der Waals surface area (Å²) in [6, 6.07) is 3.30. The molecule has 23 heavy (non-hydrogen) atoms. The molecule has 120 valence electrons. The Balaban J connectivity index is 2.45. The lowest BCUT2D eigenvalue weighted by atomic mass is 10.1. The molecule has 1 N–H and O–H groups in total. The SMILES string of the molecule is C=CCN1C(=O)/C(=C/c2cc(Cl)c(OC)c(Br)c2)C(=O)NC1=S. The quantitative estimate of drug-likeness (QED) is 0.355. The van der Waals surface area contributed by atoms with Crippen LogP contribution >= 0.6 is 39.7 Å². The number of nitrogens with zero attached hydrogens (tertiary/aromatic N) is 1. The fraction of sp³-hybridized carbons (Fsp3) is 0.133. The van der Waals surface area contributed by atoms with Gasteiger partial charge in [0.25, 0.3) is 11.8 Å². The van der Waals surface area contributed by atoms with Gasteiger partial charge in [0.1, 0.15) is 5.57 Å². The van der Waals surface area contributed by atoms with E-state index in [2.05, 4.69) is 27.8 Å². The van der Waals surface area contributed by atoms with Crippen LogP contribution in [-0.2, 0) is 9.59 Å². The fourth-order valence-corrected chi connectivity index (χ4v) is 3.32. The van der Waals surface area contributed by atoms with Crippen LogP contribution in [0.5, 0.6) is 5.75 Å². The lowest BCUT2D eigenvalue weighted by Crippen LogP contribution is -2.53. The first-order valence-corrected chi connectivity index (χ1v) is 7.99. The van der Waals surface area contributed by atoms with Crippen molar-refractivity contribution in [2.45, 2.75) is 0 Å². The van der Waals surface area contributed by atoms with Crippen molar-refractivity contribution >= 4 is 62.8 Å². The zero-order chi connectivity index (χ0) is 17.1. The fourth-order valence-electron chi connectivity index (χ4n) is 2.01. The average molecular weight is 416 g/mol. The molecule has 0 unspecified atom stereocenters. The maximum atomic E-state index is 12.4. The summed E-state index contributed by atoms with van der Waals surface area (Å²) in [7, 11) is 1.50. The van der Waals surface area contributed by atoms with E-state index in [4.69, 9.17) is 28.6 Å². The molecule has 1 aromatic rings.